The molecule has 0 atom stereocenters. The number of aliphatic hydroxyl groups excluding tert-OH is 2. The molecule has 0 spiro atoms. The van der Waals surface area contributed by atoms with Gasteiger partial charge < -0.3 is 20.0 Å². The molecule has 4 heteroatoms. The van der Waals surface area contributed by atoms with Crippen molar-refractivity contribution < 1.29 is 10.2 Å². The normalized spacial score (nSPS) is 14.1. The lowest BCUT2D eigenvalue weighted by Crippen LogP contribution is -2.47. The van der Waals surface area contributed by atoms with E-state index in [1.165, 1.54) is 44.8 Å². The summed E-state index contributed by atoms with van der Waals surface area (Å²) in [6.07, 6.45) is 0. The molecule has 0 aliphatic carbocycles. The van der Waals surface area contributed by atoms with Crippen molar-refractivity contribution in [1.29, 1.82) is 0 Å². The number of aryl methyl sites for hydroxylation is 2. The van der Waals surface area contributed by atoms with E-state index in [1.807, 2.05) is 24.3 Å². The van der Waals surface area contributed by atoms with E-state index in [1.54, 1.807) is 0 Å². The lowest BCUT2D eigenvalue weighted by molar-refractivity contribution is 0.281. The zero-order valence-corrected chi connectivity index (χ0v) is 20.3. The number of rotatable bonds is 4. The van der Waals surface area contributed by atoms with Crippen molar-refractivity contribution in [2.24, 2.45) is 0 Å². The molecular formula is C31H30N2O2. The van der Waals surface area contributed by atoms with Crippen molar-refractivity contribution >= 4 is 11.4 Å². The second-order valence-electron chi connectivity index (χ2n) is 9.77. The van der Waals surface area contributed by atoms with Crippen molar-refractivity contribution in [3.63, 3.8) is 0 Å². The van der Waals surface area contributed by atoms with Gasteiger partial charge in [-0.15, -0.1) is 0 Å². The molecule has 35 heavy (non-hydrogen) atoms. The van der Waals surface area contributed by atoms with Gasteiger partial charge in [-0.05, 0) is 70.5 Å². The number of hydrogen-bond donors (Lipinski definition) is 2. The first-order chi connectivity index (χ1) is 17.1. The molecule has 2 aliphatic heterocycles. The maximum Gasteiger partial charge on any atom is 0.0910 e. The first kappa shape index (κ1) is 21.9. The van der Waals surface area contributed by atoms with Gasteiger partial charge in [-0.2, -0.15) is 0 Å². The highest BCUT2D eigenvalue weighted by atomic mass is 16.3. The van der Waals surface area contributed by atoms with Crippen molar-refractivity contribution in [3.8, 4) is 22.3 Å². The van der Waals surface area contributed by atoms with Crippen LogP contribution in [0.15, 0.2) is 72.8 Å². The maximum absolute atomic E-state index is 9.69. The Labute approximate surface area is 206 Å². The predicted octanol–water partition coefficient (Wildman–Crippen LogP) is 5.92. The zero-order chi connectivity index (χ0) is 24.1. The van der Waals surface area contributed by atoms with Gasteiger partial charge in [0.1, 0.15) is 0 Å². The number of fused-ring (bicyclic) bond motifs is 6. The monoisotopic (exact) mass is 462 g/mol. The van der Waals surface area contributed by atoms with Crippen LogP contribution in [-0.2, 0) is 26.3 Å². The topological polar surface area (TPSA) is 46.9 Å². The third-order valence-corrected chi connectivity index (χ3v) is 7.48. The van der Waals surface area contributed by atoms with Gasteiger partial charge in [0.15, 0.2) is 0 Å². The molecule has 4 aromatic rings. The van der Waals surface area contributed by atoms with Crippen LogP contribution in [0.3, 0.4) is 0 Å². The van der Waals surface area contributed by atoms with Crippen LogP contribution in [0.25, 0.3) is 22.3 Å². The van der Waals surface area contributed by atoms with Crippen molar-refractivity contribution in [1.82, 2.24) is 0 Å². The first-order valence-corrected chi connectivity index (χ1v) is 12.2. The summed E-state index contributed by atoms with van der Waals surface area (Å²) >= 11 is 0. The molecule has 2 bridgehead atoms. The summed E-state index contributed by atoms with van der Waals surface area (Å²) in [5.74, 6) is 0. The number of aliphatic hydroxyl groups is 2. The van der Waals surface area contributed by atoms with E-state index in [9.17, 15) is 10.2 Å². The molecule has 0 saturated heterocycles. The molecule has 0 fully saturated rings. The van der Waals surface area contributed by atoms with E-state index in [0.717, 1.165) is 42.0 Å². The molecular weight excluding hydrogens is 432 g/mol. The second-order valence-corrected chi connectivity index (χ2v) is 9.77. The highest BCUT2D eigenvalue weighted by molar-refractivity contribution is 5.84. The SMILES string of the molecule is Cc1ccc(-c2cccc(CO)c2)c2c1N1Cc3c(-c4cccc(CO)c4)ccc(C)c3N(C2)C1. The highest BCUT2D eigenvalue weighted by Gasteiger charge is 2.34. The summed E-state index contributed by atoms with van der Waals surface area (Å²) in [6.45, 7) is 7.09. The summed E-state index contributed by atoms with van der Waals surface area (Å²) in [4.78, 5) is 5.02. The van der Waals surface area contributed by atoms with Crippen LogP contribution in [-0.4, -0.2) is 16.9 Å². The zero-order valence-electron chi connectivity index (χ0n) is 20.3. The van der Waals surface area contributed by atoms with Crippen LogP contribution in [0.4, 0.5) is 11.4 Å². The fourth-order valence-electron chi connectivity index (χ4n) is 5.91. The molecule has 2 aliphatic rings. The van der Waals surface area contributed by atoms with Gasteiger partial charge in [-0.25, -0.2) is 0 Å². The van der Waals surface area contributed by atoms with E-state index in [-0.39, 0.29) is 13.2 Å². The molecule has 0 amide bonds. The van der Waals surface area contributed by atoms with Crippen molar-refractivity contribution in [2.45, 2.75) is 40.2 Å². The van der Waals surface area contributed by atoms with Gasteiger partial charge in [-0.1, -0.05) is 60.7 Å². The van der Waals surface area contributed by atoms with Crippen LogP contribution < -0.4 is 9.80 Å². The van der Waals surface area contributed by atoms with Crippen molar-refractivity contribution in [2.75, 3.05) is 16.5 Å². The minimum atomic E-state index is 0.0486. The Balaban J connectivity index is 1.50. The fourth-order valence-corrected chi connectivity index (χ4v) is 5.91. The van der Waals surface area contributed by atoms with E-state index < -0.39 is 0 Å². The molecule has 0 unspecified atom stereocenters. The van der Waals surface area contributed by atoms with Crippen LogP contribution in [0.1, 0.15) is 33.4 Å². The van der Waals surface area contributed by atoms with Crippen LogP contribution in [0, 0.1) is 13.8 Å². The molecule has 6 rings (SSSR count). The molecule has 4 aromatic carbocycles. The van der Waals surface area contributed by atoms with Gasteiger partial charge in [0.05, 0.1) is 19.9 Å². The average molecular weight is 463 g/mol. The van der Waals surface area contributed by atoms with E-state index in [0.29, 0.717) is 0 Å². The summed E-state index contributed by atoms with van der Waals surface area (Å²) in [5.41, 5.74) is 14.6. The Kier molecular flexibility index (Phi) is 5.36. The van der Waals surface area contributed by atoms with E-state index >= 15 is 0 Å². The summed E-state index contributed by atoms with van der Waals surface area (Å²) in [7, 11) is 0. The number of nitrogens with zero attached hydrogens (tertiary/aromatic N) is 2. The Hall–Kier alpha value is -3.60. The molecule has 2 heterocycles. The number of benzene rings is 4. The minimum absolute atomic E-state index is 0.0486. The smallest absolute Gasteiger partial charge is 0.0910 e. The van der Waals surface area contributed by atoms with Crippen LogP contribution in [0.2, 0.25) is 0 Å². The van der Waals surface area contributed by atoms with Gasteiger partial charge in [0.25, 0.3) is 0 Å². The summed E-state index contributed by atoms with van der Waals surface area (Å²) in [6, 6.07) is 25.4. The predicted molar refractivity (Wildman–Crippen MR) is 142 cm³/mol. The Morgan fingerprint density at radius 1 is 0.629 bits per heavy atom. The lowest BCUT2D eigenvalue weighted by Gasteiger charge is -2.47. The quantitative estimate of drug-likeness (QED) is 0.395. The van der Waals surface area contributed by atoms with Crippen molar-refractivity contribution in [3.05, 3.63) is 106 Å². The maximum atomic E-state index is 9.69. The molecule has 176 valence electrons. The molecule has 4 nitrogen and oxygen atoms in total. The third kappa shape index (κ3) is 3.61. The minimum Gasteiger partial charge on any atom is -0.392 e. The molecule has 0 aromatic heterocycles. The molecule has 2 N–H and O–H groups in total. The molecule has 0 saturated carbocycles. The van der Waals surface area contributed by atoms with Crippen LogP contribution >= 0.6 is 0 Å². The number of hydrogen-bond acceptors (Lipinski definition) is 4. The highest BCUT2D eigenvalue weighted by Crippen LogP contribution is 2.46. The Morgan fingerprint density at radius 2 is 1.09 bits per heavy atom. The fraction of sp³-hybridized carbons (Fsp3) is 0.226. The van der Waals surface area contributed by atoms with E-state index in [2.05, 4.69) is 72.2 Å². The largest absolute Gasteiger partial charge is 0.392 e. The Morgan fingerprint density at radius 3 is 1.51 bits per heavy atom. The van der Waals surface area contributed by atoms with Gasteiger partial charge in [0.2, 0.25) is 0 Å². The Bertz CT molecular complexity index is 1330. The van der Waals surface area contributed by atoms with Crippen LogP contribution in [0.5, 0.6) is 0 Å². The summed E-state index contributed by atoms with van der Waals surface area (Å²) in [5, 5.41) is 19.4. The lowest BCUT2D eigenvalue weighted by atomic mass is 9.88. The first-order valence-electron chi connectivity index (χ1n) is 12.2. The van der Waals surface area contributed by atoms with Gasteiger partial charge in [0, 0.05) is 35.6 Å². The van der Waals surface area contributed by atoms with Gasteiger partial charge >= 0.3 is 0 Å². The second kappa shape index (κ2) is 8.56. The standard InChI is InChI=1S/C31H30N2O2/c1-20-9-11-26(24-7-3-5-22(13-24)17-34)28-15-33-19-32(30(20)28)16-29-27(12-10-21(2)31(29)33)25-8-4-6-23(14-25)18-35/h3-14,34-35H,15-19H2,1-2H3. The summed E-state index contributed by atoms with van der Waals surface area (Å²) < 4.78 is 0. The van der Waals surface area contributed by atoms with Gasteiger partial charge in [-0.3, -0.25) is 0 Å². The third-order valence-electron chi connectivity index (χ3n) is 7.48. The van der Waals surface area contributed by atoms with E-state index in [4.69, 9.17) is 0 Å². The average Bonchev–Trinajstić information content (AvgIpc) is 2.89. The molecule has 0 radical (unpaired) electrons. The number of anilines is 2.